The Morgan fingerprint density at radius 1 is 0.352 bits per heavy atom. The molecule has 0 saturated carbocycles. The lowest BCUT2D eigenvalue weighted by molar-refractivity contribution is 0.466. The molecule has 2 aromatic carbocycles. The van der Waals surface area contributed by atoms with Gasteiger partial charge < -0.3 is 4.74 Å². The van der Waals surface area contributed by atoms with E-state index in [9.17, 15) is 0 Å². The van der Waals surface area contributed by atoms with Crippen LogP contribution in [0.4, 0.5) is 0 Å². The third kappa shape index (κ3) is 25.6. The Bertz CT molecular complexity index is 1820. The van der Waals surface area contributed by atoms with Gasteiger partial charge in [-0.05, 0) is 110 Å². The molecule has 7 heteroatoms. The molecule has 396 valence electrons. The molecule has 0 aliphatic carbocycles. The SMILES string of the molecule is CCCCCCCCc1cnc(-c2ccc(Oc3ccc(-c4ncc(CCCCCCCC)cn4)cc3CCCCCCCCCC[Si](C)(C)CC)c(CCCCCCCCCC[Si](C)(C)CC)c2)nc1. The van der Waals surface area contributed by atoms with Crippen molar-refractivity contribution in [1.82, 2.24) is 19.9 Å². The Labute approximate surface area is 439 Å². The third-order valence-corrected chi connectivity index (χ3v) is 23.2. The van der Waals surface area contributed by atoms with E-state index in [1.807, 2.05) is 0 Å². The summed E-state index contributed by atoms with van der Waals surface area (Å²) < 4.78 is 7.07. The number of hydrogen-bond acceptors (Lipinski definition) is 5. The smallest absolute Gasteiger partial charge is 0.159 e. The summed E-state index contributed by atoms with van der Waals surface area (Å²) in [7, 11) is -1.87. The summed E-state index contributed by atoms with van der Waals surface area (Å²) in [6.07, 6.45) is 49.3. The van der Waals surface area contributed by atoms with Crippen LogP contribution in [0.25, 0.3) is 22.8 Å². The largest absolute Gasteiger partial charge is 0.457 e. The van der Waals surface area contributed by atoms with Crippen LogP contribution in [0.5, 0.6) is 11.5 Å². The predicted molar refractivity (Wildman–Crippen MR) is 316 cm³/mol. The minimum absolute atomic E-state index is 0.805. The van der Waals surface area contributed by atoms with E-state index in [-0.39, 0.29) is 0 Å². The molecule has 0 bridgehead atoms. The third-order valence-electron chi connectivity index (χ3n) is 15.9. The molecule has 0 atom stereocenters. The summed E-state index contributed by atoms with van der Waals surface area (Å²) in [5.74, 6) is 3.53. The molecule has 71 heavy (non-hydrogen) atoms. The lowest BCUT2D eigenvalue weighted by Gasteiger charge is -2.19. The number of benzene rings is 2. The molecule has 5 nitrogen and oxygen atoms in total. The Morgan fingerprint density at radius 3 is 0.972 bits per heavy atom. The van der Waals surface area contributed by atoms with Gasteiger partial charge in [-0.1, -0.05) is 232 Å². The molecule has 0 fully saturated rings. The first-order chi connectivity index (χ1) is 34.6. The normalized spacial score (nSPS) is 12.0. The molecule has 0 spiro atoms. The standard InChI is InChI=1S/C64H106N4OSi2/c1-9-13-15-17-27-33-39-55-51-65-63(66-52-55)59-43-45-61(57(49-59)41-35-29-23-19-21-25-31-37-47-70(5,6)11-3)69-62-46-44-60(64-67-53-56(54-68-64)40-34-28-18-16-14-10-2)50-58(62)42-36-30-24-20-22-26-32-38-48-71(7,8)12-4/h43-46,49-54H,9-42,47-48H2,1-8H3. The highest BCUT2D eigenvalue weighted by Crippen LogP contribution is 2.35. The summed E-state index contributed by atoms with van der Waals surface area (Å²) in [6.45, 7) is 19.6. The fraction of sp³-hybridized carbons (Fsp3) is 0.688. The van der Waals surface area contributed by atoms with Crippen molar-refractivity contribution < 1.29 is 4.74 Å². The van der Waals surface area contributed by atoms with E-state index < -0.39 is 16.1 Å². The first-order valence-corrected chi connectivity index (χ1v) is 37.0. The van der Waals surface area contributed by atoms with Crippen LogP contribution in [0.3, 0.4) is 0 Å². The molecule has 0 radical (unpaired) electrons. The second-order valence-electron chi connectivity index (χ2n) is 23.3. The van der Waals surface area contributed by atoms with Crippen molar-refractivity contribution in [3.05, 3.63) is 83.4 Å². The Balaban J connectivity index is 1.46. The van der Waals surface area contributed by atoms with E-state index in [0.29, 0.717) is 0 Å². The average molecular weight is 1000 g/mol. The molecule has 0 unspecified atom stereocenters. The zero-order valence-electron chi connectivity index (χ0n) is 47.4. The van der Waals surface area contributed by atoms with Crippen LogP contribution >= 0.6 is 0 Å². The van der Waals surface area contributed by atoms with Crippen LogP contribution < -0.4 is 4.74 Å². The first kappa shape index (κ1) is 60.4. The van der Waals surface area contributed by atoms with E-state index >= 15 is 0 Å². The van der Waals surface area contributed by atoms with Gasteiger partial charge in [0.05, 0.1) is 0 Å². The van der Waals surface area contributed by atoms with Gasteiger partial charge in [0.25, 0.3) is 0 Å². The number of rotatable bonds is 42. The number of ether oxygens (including phenoxy) is 1. The van der Waals surface area contributed by atoms with Gasteiger partial charge in [-0.25, -0.2) is 19.9 Å². The second-order valence-corrected chi connectivity index (χ2v) is 34.4. The maximum absolute atomic E-state index is 7.07. The van der Waals surface area contributed by atoms with E-state index in [1.54, 1.807) is 0 Å². The molecule has 4 rings (SSSR count). The van der Waals surface area contributed by atoms with Crippen LogP contribution in [-0.2, 0) is 25.7 Å². The molecular formula is C64H106N4OSi2. The van der Waals surface area contributed by atoms with E-state index in [4.69, 9.17) is 24.7 Å². The zero-order valence-corrected chi connectivity index (χ0v) is 49.4. The molecule has 4 aromatic rings. The van der Waals surface area contributed by atoms with E-state index in [1.165, 1.54) is 213 Å². The average Bonchev–Trinajstić information content (AvgIpc) is 3.38. The molecule has 0 saturated heterocycles. The highest BCUT2D eigenvalue weighted by Gasteiger charge is 2.18. The van der Waals surface area contributed by atoms with Gasteiger partial charge in [-0.3, -0.25) is 0 Å². The fourth-order valence-electron chi connectivity index (χ4n) is 9.94. The fourth-order valence-corrected chi connectivity index (χ4v) is 13.1. The predicted octanol–water partition coefficient (Wildman–Crippen LogP) is 21.0. The molecule has 2 heterocycles. The number of nitrogens with zero attached hydrogens (tertiary/aromatic N) is 4. The van der Waals surface area contributed by atoms with Crippen LogP contribution in [0.15, 0.2) is 61.2 Å². The summed E-state index contributed by atoms with van der Waals surface area (Å²) in [5.41, 5.74) is 7.14. The minimum Gasteiger partial charge on any atom is -0.457 e. The highest BCUT2D eigenvalue weighted by atomic mass is 28.3. The van der Waals surface area contributed by atoms with Crippen LogP contribution in [0.1, 0.15) is 230 Å². The van der Waals surface area contributed by atoms with Gasteiger partial charge in [0, 0.05) is 52.1 Å². The summed E-state index contributed by atoms with van der Waals surface area (Å²) in [4.78, 5) is 19.7. The number of unbranched alkanes of at least 4 members (excludes halogenated alkanes) is 24. The van der Waals surface area contributed by atoms with Crippen molar-refractivity contribution in [2.75, 3.05) is 0 Å². The van der Waals surface area contributed by atoms with Crippen LogP contribution in [0, 0.1) is 0 Å². The molecule has 2 aromatic heterocycles. The maximum atomic E-state index is 7.07. The number of hydrogen-bond donors (Lipinski definition) is 0. The monoisotopic (exact) mass is 1000 g/mol. The van der Waals surface area contributed by atoms with Crippen LogP contribution in [-0.4, -0.2) is 36.1 Å². The molecule has 0 N–H and O–H groups in total. The van der Waals surface area contributed by atoms with E-state index in [0.717, 1.165) is 72.8 Å². The summed E-state index contributed by atoms with van der Waals surface area (Å²) in [6, 6.07) is 19.2. The Kier molecular flexibility index (Phi) is 30.5. The Hall–Kier alpha value is -3.17. The van der Waals surface area contributed by atoms with Gasteiger partial charge in [0.1, 0.15) is 11.5 Å². The second kappa shape index (κ2) is 35.9. The van der Waals surface area contributed by atoms with Gasteiger partial charge in [0.15, 0.2) is 11.6 Å². The van der Waals surface area contributed by atoms with Gasteiger partial charge in [-0.2, -0.15) is 0 Å². The van der Waals surface area contributed by atoms with Crippen molar-refractivity contribution in [2.45, 2.75) is 284 Å². The lowest BCUT2D eigenvalue weighted by atomic mass is 10.00. The maximum Gasteiger partial charge on any atom is 0.159 e. The minimum atomic E-state index is -0.936. The Morgan fingerprint density at radius 2 is 0.648 bits per heavy atom. The summed E-state index contributed by atoms with van der Waals surface area (Å²) in [5, 5.41) is 0. The van der Waals surface area contributed by atoms with Crippen molar-refractivity contribution >= 4 is 16.1 Å². The van der Waals surface area contributed by atoms with Crippen molar-refractivity contribution in [3.63, 3.8) is 0 Å². The highest BCUT2D eigenvalue weighted by molar-refractivity contribution is 6.77. The van der Waals surface area contributed by atoms with Crippen molar-refractivity contribution in [3.8, 4) is 34.3 Å². The van der Waals surface area contributed by atoms with Gasteiger partial charge >= 0.3 is 0 Å². The molecule has 0 amide bonds. The first-order valence-electron chi connectivity index (χ1n) is 30.1. The zero-order chi connectivity index (χ0) is 50.8. The van der Waals surface area contributed by atoms with Crippen LogP contribution in [0.2, 0.25) is 50.4 Å². The molecule has 0 aliphatic rings. The van der Waals surface area contributed by atoms with Crippen molar-refractivity contribution in [1.29, 1.82) is 0 Å². The van der Waals surface area contributed by atoms with Crippen molar-refractivity contribution in [2.24, 2.45) is 0 Å². The van der Waals surface area contributed by atoms with Gasteiger partial charge in [-0.15, -0.1) is 0 Å². The lowest BCUT2D eigenvalue weighted by Crippen LogP contribution is -2.22. The van der Waals surface area contributed by atoms with Gasteiger partial charge in [0.2, 0.25) is 0 Å². The molecular weight excluding hydrogens is 897 g/mol. The topological polar surface area (TPSA) is 60.8 Å². The number of aromatic nitrogens is 4. The van der Waals surface area contributed by atoms with E-state index in [2.05, 4.69) is 115 Å². The number of aryl methyl sites for hydroxylation is 4. The quantitative estimate of drug-likeness (QED) is 0.0327. The molecule has 0 aliphatic heterocycles. The summed E-state index contributed by atoms with van der Waals surface area (Å²) >= 11 is 0.